The third kappa shape index (κ3) is 2.39. The molecule has 0 unspecified atom stereocenters. The molecule has 1 N–H and O–H groups in total. The predicted octanol–water partition coefficient (Wildman–Crippen LogP) is 3.12. The largest absolute Gasteiger partial charge is 0.467 e. The number of nitrogens with one attached hydrogen (secondary N) is 1. The smallest absolute Gasteiger partial charge is 0.341 e. The molecule has 0 aromatic carbocycles. The van der Waals surface area contributed by atoms with E-state index >= 15 is 0 Å². The second kappa shape index (κ2) is 4.87. The summed E-state index contributed by atoms with van der Waals surface area (Å²) in [4.78, 5) is 11.5. The minimum absolute atomic E-state index is 0.326. The molecule has 0 saturated heterocycles. The van der Waals surface area contributed by atoms with E-state index in [1.807, 2.05) is 0 Å². The molecular weight excluding hydrogens is 266 g/mol. The first-order valence-electron chi connectivity index (χ1n) is 8.06. The molecule has 4 bridgehead atoms. The molecule has 4 saturated carbocycles. The third-order valence-corrected chi connectivity index (χ3v) is 5.75. The predicted molar refractivity (Wildman–Crippen MR) is 77.8 cm³/mol. The first kappa shape index (κ1) is 13.4. The molecule has 4 nitrogen and oxygen atoms in total. The summed E-state index contributed by atoms with van der Waals surface area (Å²) >= 11 is 0. The van der Waals surface area contributed by atoms with Gasteiger partial charge in [-0.3, -0.25) is 0 Å². The van der Waals surface area contributed by atoms with Gasteiger partial charge in [-0.25, -0.2) is 4.79 Å². The topological polar surface area (TPSA) is 51.5 Å². The minimum atomic E-state index is -0.334. The Hall–Kier alpha value is -1.29. The lowest BCUT2D eigenvalue weighted by molar-refractivity contribution is -0.0213. The van der Waals surface area contributed by atoms with Crippen molar-refractivity contribution in [2.75, 3.05) is 7.11 Å². The highest BCUT2D eigenvalue weighted by atomic mass is 16.5. The molecule has 0 spiro atoms. The molecule has 0 aliphatic heterocycles. The molecule has 4 fully saturated rings. The lowest BCUT2D eigenvalue weighted by Gasteiger charge is -2.57. The molecule has 4 heteroatoms. The zero-order valence-electron chi connectivity index (χ0n) is 12.6. The molecule has 1 heterocycles. The van der Waals surface area contributed by atoms with Crippen molar-refractivity contribution in [1.29, 1.82) is 0 Å². The van der Waals surface area contributed by atoms with Gasteiger partial charge in [-0.2, -0.15) is 0 Å². The summed E-state index contributed by atoms with van der Waals surface area (Å²) < 4.78 is 10.2. The maximum absolute atomic E-state index is 11.5. The van der Waals surface area contributed by atoms with E-state index in [0.717, 1.165) is 23.5 Å². The second-order valence-electron chi connectivity index (χ2n) is 7.34. The Bertz CT molecular complexity index is 513. The summed E-state index contributed by atoms with van der Waals surface area (Å²) in [7, 11) is 1.39. The van der Waals surface area contributed by atoms with Crippen LogP contribution in [0.2, 0.25) is 0 Å². The number of esters is 1. The van der Waals surface area contributed by atoms with E-state index in [2.05, 4.69) is 5.32 Å². The van der Waals surface area contributed by atoms with Gasteiger partial charge in [0, 0.05) is 5.54 Å². The molecule has 0 atom stereocenters. The average Bonchev–Trinajstić information content (AvgIpc) is 2.92. The molecule has 5 rings (SSSR count). The summed E-state index contributed by atoms with van der Waals surface area (Å²) in [5.41, 5.74) is 0.826. The van der Waals surface area contributed by atoms with Crippen molar-refractivity contribution in [3.63, 3.8) is 0 Å². The fourth-order valence-corrected chi connectivity index (χ4v) is 5.30. The average molecular weight is 289 g/mol. The number of carbonyl (C=O) groups excluding carboxylic acids is 1. The molecule has 0 radical (unpaired) electrons. The Balaban J connectivity index is 1.42. The maximum atomic E-state index is 11.5. The van der Waals surface area contributed by atoms with E-state index in [1.165, 1.54) is 51.9 Å². The lowest BCUT2D eigenvalue weighted by atomic mass is 9.53. The van der Waals surface area contributed by atoms with Gasteiger partial charge in [-0.1, -0.05) is 0 Å². The Morgan fingerprint density at radius 3 is 2.48 bits per heavy atom. The summed E-state index contributed by atoms with van der Waals surface area (Å²) in [5.74, 6) is 3.30. The summed E-state index contributed by atoms with van der Waals surface area (Å²) in [6.07, 6.45) is 9.82. The van der Waals surface area contributed by atoms with Crippen molar-refractivity contribution in [1.82, 2.24) is 5.32 Å². The molecule has 114 valence electrons. The van der Waals surface area contributed by atoms with Gasteiger partial charge < -0.3 is 14.5 Å². The van der Waals surface area contributed by atoms with E-state index < -0.39 is 0 Å². The highest BCUT2D eigenvalue weighted by Crippen LogP contribution is 2.55. The number of hydrogen-bond acceptors (Lipinski definition) is 4. The van der Waals surface area contributed by atoms with Crippen LogP contribution in [0.1, 0.15) is 54.6 Å². The Morgan fingerprint density at radius 2 is 1.90 bits per heavy atom. The van der Waals surface area contributed by atoms with Gasteiger partial charge in [0.15, 0.2) is 0 Å². The van der Waals surface area contributed by atoms with Gasteiger partial charge in [0.1, 0.15) is 12.0 Å². The summed E-state index contributed by atoms with van der Waals surface area (Å²) in [5, 5.41) is 3.77. The monoisotopic (exact) mass is 289 g/mol. The van der Waals surface area contributed by atoms with Crippen molar-refractivity contribution in [2.45, 2.75) is 50.6 Å². The van der Waals surface area contributed by atoms with Crippen molar-refractivity contribution < 1.29 is 13.9 Å². The minimum Gasteiger partial charge on any atom is -0.467 e. The van der Waals surface area contributed by atoms with E-state index in [4.69, 9.17) is 9.15 Å². The van der Waals surface area contributed by atoms with Crippen LogP contribution in [0, 0.1) is 17.8 Å². The molecule has 4 aliphatic rings. The molecular formula is C17H23NO3. The van der Waals surface area contributed by atoms with Crippen LogP contribution in [0.3, 0.4) is 0 Å². The number of rotatable bonds is 4. The van der Waals surface area contributed by atoms with Gasteiger partial charge in [0.2, 0.25) is 0 Å². The van der Waals surface area contributed by atoms with Crippen molar-refractivity contribution in [2.24, 2.45) is 17.8 Å². The van der Waals surface area contributed by atoms with E-state index in [1.54, 1.807) is 6.07 Å². The quantitative estimate of drug-likeness (QED) is 0.865. The number of ether oxygens (including phenoxy) is 1. The lowest BCUT2D eigenvalue weighted by Crippen LogP contribution is -2.58. The Labute approximate surface area is 125 Å². The first-order valence-corrected chi connectivity index (χ1v) is 8.06. The fourth-order valence-electron chi connectivity index (χ4n) is 5.30. The van der Waals surface area contributed by atoms with Gasteiger partial charge in [-0.15, -0.1) is 0 Å². The number of methoxy groups -OCH3 is 1. The summed E-state index contributed by atoms with van der Waals surface area (Å²) in [6, 6.07) is 1.79. The van der Waals surface area contributed by atoms with Crippen LogP contribution in [0.5, 0.6) is 0 Å². The van der Waals surface area contributed by atoms with Crippen molar-refractivity contribution in [3.05, 3.63) is 23.7 Å². The van der Waals surface area contributed by atoms with Crippen LogP contribution in [0.25, 0.3) is 0 Å². The van der Waals surface area contributed by atoms with Gasteiger partial charge >= 0.3 is 5.97 Å². The van der Waals surface area contributed by atoms with Gasteiger partial charge in [0.05, 0.1) is 19.2 Å². The molecule has 4 aliphatic carbocycles. The van der Waals surface area contributed by atoms with Crippen LogP contribution < -0.4 is 5.32 Å². The van der Waals surface area contributed by atoms with Crippen LogP contribution in [0.4, 0.5) is 0 Å². The van der Waals surface area contributed by atoms with Crippen LogP contribution in [-0.4, -0.2) is 18.6 Å². The van der Waals surface area contributed by atoms with Crippen LogP contribution >= 0.6 is 0 Å². The highest BCUT2D eigenvalue weighted by molar-refractivity contribution is 5.88. The Morgan fingerprint density at radius 1 is 1.29 bits per heavy atom. The zero-order chi connectivity index (χ0) is 14.4. The van der Waals surface area contributed by atoms with Crippen molar-refractivity contribution >= 4 is 5.97 Å². The maximum Gasteiger partial charge on any atom is 0.341 e. The summed E-state index contributed by atoms with van der Waals surface area (Å²) in [6.45, 7) is 0.711. The molecule has 1 aromatic heterocycles. The SMILES string of the molecule is COC(=O)c1coc(CNC23CC4CC(CC(C4)C2)C3)c1. The van der Waals surface area contributed by atoms with E-state index in [9.17, 15) is 4.79 Å². The standard InChI is InChI=1S/C17H23NO3/c1-20-16(19)14-5-15(21-10-14)9-18-17-6-11-2-12(7-17)4-13(3-11)8-17/h5,10-13,18H,2-4,6-9H2,1H3. The van der Waals surface area contributed by atoms with Crippen molar-refractivity contribution in [3.8, 4) is 0 Å². The normalized spacial score (nSPS) is 36.9. The van der Waals surface area contributed by atoms with Gasteiger partial charge in [0.25, 0.3) is 0 Å². The zero-order valence-corrected chi connectivity index (χ0v) is 12.6. The second-order valence-corrected chi connectivity index (χ2v) is 7.34. The van der Waals surface area contributed by atoms with E-state index in [-0.39, 0.29) is 5.97 Å². The number of carbonyl (C=O) groups is 1. The first-order chi connectivity index (χ1) is 10.2. The third-order valence-electron chi connectivity index (χ3n) is 5.75. The molecule has 0 amide bonds. The van der Waals surface area contributed by atoms with Crippen LogP contribution in [0.15, 0.2) is 16.7 Å². The fraction of sp³-hybridized carbons (Fsp3) is 0.706. The van der Waals surface area contributed by atoms with Crippen LogP contribution in [-0.2, 0) is 11.3 Å². The van der Waals surface area contributed by atoms with Gasteiger partial charge in [-0.05, 0) is 62.3 Å². The Kier molecular flexibility index (Phi) is 3.10. The molecule has 21 heavy (non-hydrogen) atoms. The van der Waals surface area contributed by atoms with E-state index in [0.29, 0.717) is 17.6 Å². The highest BCUT2D eigenvalue weighted by Gasteiger charge is 2.50. The number of hydrogen-bond donors (Lipinski definition) is 1. The molecule has 1 aromatic rings. The number of furan rings is 1.